The third-order valence-corrected chi connectivity index (χ3v) is 4.56. The number of aryl methyl sites for hydroxylation is 1. The smallest absolute Gasteiger partial charge is 0.321 e. The quantitative estimate of drug-likeness (QED) is 0.914. The molecule has 0 unspecified atom stereocenters. The molecule has 6 nitrogen and oxygen atoms in total. The van der Waals surface area contributed by atoms with Gasteiger partial charge in [0.05, 0.1) is 19.9 Å². The Morgan fingerprint density at radius 3 is 2.42 bits per heavy atom. The minimum atomic E-state index is -0.0622. The third-order valence-electron chi connectivity index (χ3n) is 4.56. The molecule has 1 fully saturated rings. The fraction of sp³-hybridized carbons (Fsp3) is 0.350. The number of nitrogens with zero attached hydrogens (tertiary/aromatic N) is 2. The fourth-order valence-corrected chi connectivity index (χ4v) is 3.12. The Hall–Kier alpha value is -2.89. The van der Waals surface area contributed by atoms with E-state index in [9.17, 15) is 4.79 Å². The van der Waals surface area contributed by atoms with Gasteiger partial charge < -0.3 is 24.6 Å². The van der Waals surface area contributed by atoms with Gasteiger partial charge in [-0.15, -0.1) is 0 Å². The third kappa shape index (κ3) is 4.02. The van der Waals surface area contributed by atoms with Crippen molar-refractivity contribution < 1.29 is 14.3 Å². The summed E-state index contributed by atoms with van der Waals surface area (Å²) in [7, 11) is 3.32. The Labute approximate surface area is 154 Å². The monoisotopic (exact) mass is 355 g/mol. The predicted octanol–water partition coefficient (Wildman–Crippen LogP) is 3.37. The second kappa shape index (κ2) is 7.99. The summed E-state index contributed by atoms with van der Waals surface area (Å²) in [4.78, 5) is 16.6. The number of carbonyl (C=O) groups is 1. The van der Waals surface area contributed by atoms with Crippen molar-refractivity contribution in [2.45, 2.75) is 6.92 Å². The maximum atomic E-state index is 12.5. The SMILES string of the molecule is COc1ccc(OC)c(N2CCN(C(=O)Nc3cccc(C)c3)CC2)c1. The Bertz CT molecular complexity index is 771. The number of hydrogen-bond acceptors (Lipinski definition) is 4. The number of rotatable bonds is 4. The second-order valence-electron chi connectivity index (χ2n) is 6.31. The number of anilines is 2. The van der Waals surface area contributed by atoms with Crippen LogP contribution in [0, 0.1) is 6.92 Å². The minimum Gasteiger partial charge on any atom is -0.497 e. The van der Waals surface area contributed by atoms with Crippen LogP contribution in [0.15, 0.2) is 42.5 Å². The molecule has 0 saturated carbocycles. The number of urea groups is 1. The van der Waals surface area contributed by atoms with Crippen molar-refractivity contribution in [3.63, 3.8) is 0 Å². The lowest BCUT2D eigenvalue weighted by Gasteiger charge is -2.36. The molecule has 2 aromatic rings. The van der Waals surface area contributed by atoms with Crippen molar-refractivity contribution in [1.29, 1.82) is 0 Å². The summed E-state index contributed by atoms with van der Waals surface area (Å²) in [5.41, 5.74) is 2.94. The zero-order valence-electron chi connectivity index (χ0n) is 15.5. The Kier molecular flexibility index (Phi) is 5.51. The van der Waals surface area contributed by atoms with Gasteiger partial charge in [0.25, 0.3) is 0 Å². The molecule has 26 heavy (non-hydrogen) atoms. The summed E-state index contributed by atoms with van der Waals surface area (Å²) in [6.45, 7) is 4.79. The Balaban J connectivity index is 1.63. The highest BCUT2D eigenvalue weighted by Gasteiger charge is 2.23. The summed E-state index contributed by atoms with van der Waals surface area (Å²) < 4.78 is 10.8. The van der Waals surface area contributed by atoms with E-state index in [1.54, 1.807) is 14.2 Å². The molecule has 0 aromatic heterocycles. The van der Waals surface area contributed by atoms with Gasteiger partial charge in [-0.25, -0.2) is 4.79 Å². The molecule has 0 spiro atoms. The zero-order valence-corrected chi connectivity index (χ0v) is 15.5. The van der Waals surface area contributed by atoms with Crippen molar-refractivity contribution >= 4 is 17.4 Å². The van der Waals surface area contributed by atoms with E-state index in [1.807, 2.05) is 54.3 Å². The van der Waals surface area contributed by atoms with Crippen LogP contribution in [-0.2, 0) is 0 Å². The molecular formula is C20H25N3O3. The van der Waals surface area contributed by atoms with Gasteiger partial charge in [-0.3, -0.25) is 0 Å². The molecule has 1 aliphatic rings. The second-order valence-corrected chi connectivity index (χ2v) is 6.31. The molecule has 0 bridgehead atoms. The van der Waals surface area contributed by atoms with Gasteiger partial charge in [0.1, 0.15) is 11.5 Å². The minimum absolute atomic E-state index is 0.0622. The Morgan fingerprint density at radius 2 is 1.77 bits per heavy atom. The van der Waals surface area contributed by atoms with Crippen LogP contribution in [0.1, 0.15) is 5.56 Å². The molecule has 6 heteroatoms. The molecule has 1 aliphatic heterocycles. The lowest BCUT2D eigenvalue weighted by atomic mass is 10.2. The van der Waals surface area contributed by atoms with Crippen molar-refractivity contribution in [2.75, 3.05) is 50.6 Å². The molecule has 0 aliphatic carbocycles. The maximum Gasteiger partial charge on any atom is 0.321 e. The van der Waals surface area contributed by atoms with Crippen LogP contribution < -0.4 is 19.7 Å². The predicted molar refractivity (Wildman–Crippen MR) is 104 cm³/mol. The lowest BCUT2D eigenvalue weighted by molar-refractivity contribution is 0.208. The van der Waals surface area contributed by atoms with Crippen LogP contribution in [-0.4, -0.2) is 51.3 Å². The number of methoxy groups -OCH3 is 2. The average molecular weight is 355 g/mol. The summed E-state index contributed by atoms with van der Waals surface area (Å²) >= 11 is 0. The number of piperazine rings is 1. The zero-order chi connectivity index (χ0) is 18.5. The molecule has 138 valence electrons. The van der Waals surface area contributed by atoms with Crippen molar-refractivity contribution in [3.8, 4) is 11.5 Å². The summed E-state index contributed by atoms with van der Waals surface area (Å²) in [6, 6.07) is 13.5. The van der Waals surface area contributed by atoms with Gasteiger partial charge in [0, 0.05) is 37.9 Å². The van der Waals surface area contributed by atoms with Gasteiger partial charge in [0.2, 0.25) is 0 Å². The van der Waals surface area contributed by atoms with Crippen LogP contribution in [0.2, 0.25) is 0 Å². The molecule has 1 N–H and O–H groups in total. The molecule has 2 amide bonds. The van der Waals surface area contributed by atoms with E-state index in [2.05, 4.69) is 10.2 Å². The highest BCUT2D eigenvalue weighted by atomic mass is 16.5. The van der Waals surface area contributed by atoms with Crippen LogP contribution in [0.3, 0.4) is 0 Å². The topological polar surface area (TPSA) is 54.0 Å². The van der Waals surface area contributed by atoms with Gasteiger partial charge in [-0.1, -0.05) is 12.1 Å². The maximum absolute atomic E-state index is 12.5. The first-order chi connectivity index (χ1) is 12.6. The highest BCUT2D eigenvalue weighted by molar-refractivity contribution is 5.89. The van der Waals surface area contributed by atoms with Crippen LogP contribution in [0.4, 0.5) is 16.2 Å². The number of ether oxygens (including phenoxy) is 2. The first kappa shape index (κ1) is 17.9. The van der Waals surface area contributed by atoms with Crippen molar-refractivity contribution in [1.82, 2.24) is 4.90 Å². The van der Waals surface area contributed by atoms with Crippen LogP contribution in [0.25, 0.3) is 0 Å². The highest BCUT2D eigenvalue weighted by Crippen LogP contribution is 2.32. The molecule has 1 saturated heterocycles. The number of nitrogens with one attached hydrogen (secondary N) is 1. The van der Waals surface area contributed by atoms with E-state index in [4.69, 9.17) is 9.47 Å². The molecule has 0 radical (unpaired) electrons. The van der Waals surface area contributed by atoms with E-state index in [0.29, 0.717) is 13.1 Å². The van der Waals surface area contributed by atoms with E-state index in [0.717, 1.165) is 41.5 Å². The standard InChI is InChI=1S/C20H25N3O3/c1-15-5-4-6-16(13-15)21-20(24)23-11-9-22(10-12-23)18-14-17(25-2)7-8-19(18)26-3/h4-8,13-14H,9-12H2,1-3H3,(H,21,24). The first-order valence-electron chi connectivity index (χ1n) is 8.70. The van der Waals surface area contributed by atoms with E-state index >= 15 is 0 Å². The molecule has 0 atom stereocenters. The number of carbonyl (C=O) groups excluding carboxylic acids is 1. The lowest BCUT2D eigenvalue weighted by Crippen LogP contribution is -2.50. The molecule has 1 heterocycles. The van der Waals surface area contributed by atoms with Gasteiger partial charge in [-0.2, -0.15) is 0 Å². The van der Waals surface area contributed by atoms with Crippen molar-refractivity contribution in [3.05, 3.63) is 48.0 Å². The van der Waals surface area contributed by atoms with Crippen LogP contribution >= 0.6 is 0 Å². The largest absolute Gasteiger partial charge is 0.497 e. The van der Waals surface area contributed by atoms with E-state index < -0.39 is 0 Å². The Morgan fingerprint density at radius 1 is 1.00 bits per heavy atom. The summed E-state index contributed by atoms with van der Waals surface area (Å²) in [5.74, 6) is 1.60. The fourth-order valence-electron chi connectivity index (χ4n) is 3.12. The van der Waals surface area contributed by atoms with E-state index in [1.165, 1.54) is 0 Å². The van der Waals surface area contributed by atoms with E-state index in [-0.39, 0.29) is 6.03 Å². The van der Waals surface area contributed by atoms with Gasteiger partial charge in [0.15, 0.2) is 0 Å². The normalized spacial score (nSPS) is 14.1. The summed E-state index contributed by atoms with van der Waals surface area (Å²) in [6.07, 6.45) is 0. The number of benzene rings is 2. The van der Waals surface area contributed by atoms with Crippen molar-refractivity contribution in [2.24, 2.45) is 0 Å². The molecule has 2 aromatic carbocycles. The van der Waals surface area contributed by atoms with Gasteiger partial charge in [-0.05, 0) is 36.8 Å². The molecule has 3 rings (SSSR count). The molecular weight excluding hydrogens is 330 g/mol. The average Bonchev–Trinajstić information content (AvgIpc) is 2.67. The number of hydrogen-bond donors (Lipinski definition) is 1. The summed E-state index contributed by atoms with van der Waals surface area (Å²) in [5, 5.41) is 2.97. The number of amides is 2. The van der Waals surface area contributed by atoms with Gasteiger partial charge >= 0.3 is 6.03 Å². The first-order valence-corrected chi connectivity index (χ1v) is 8.70. The van der Waals surface area contributed by atoms with Crippen LogP contribution in [0.5, 0.6) is 11.5 Å².